The van der Waals surface area contributed by atoms with Gasteiger partial charge in [0, 0.05) is 33.4 Å². The van der Waals surface area contributed by atoms with E-state index in [-0.39, 0.29) is 44.1 Å². The van der Waals surface area contributed by atoms with Crippen molar-refractivity contribution < 1.29 is 19.1 Å². The summed E-state index contributed by atoms with van der Waals surface area (Å²) in [5, 5.41) is 0. The first-order valence-corrected chi connectivity index (χ1v) is 25.4. The van der Waals surface area contributed by atoms with Crippen molar-refractivity contribution in [2.45, 2.75) is 211 Å². The second-order valence-corrected chi connectivity index (χ2v) is 29.2. The third kappa shape index (κ3) is 8.65. The van der Waals surface area contributed by atoms with E-state index < -0.39 is 33.9 Å². The van der Waals surface area contributed by atoms with Crippen molar-refractivity contribution in [3.63, 3.8) is 0 Å². The SMILES string of the molecule is CC(C)(C)C1=C[C@]2(Oc3c(cc(C(C)(C)C)cc3C(C)(C)C)[C@H]2c2ccc([C@H]3c4cc(C(C)(C)C)cc(C(C)(C)C)c4O[C@@]34C=C(C(C)(C)C)C=C(C(C)(C)C)C4=O)cc2)C(=O)C(C(C)(C)C)=C1. The van der Waals surface area contributed by atoms with E-state index in [0.29, 0.717) is 0 Å². The number of hydrogen-bond acceptors (Lipinski definition) is 4. The average Bonchev–Trinajstić information content (AvgIpc) is 3.65. The van der Waals surface area contributed by atoms with Crippen LogP contribution in [0.1, 0.15) is 223 Å². The Morgan fingerprint density at radius 1 is 0.382 bits per heavy atom. The molecule has 4 nitrogen and oxygen atoms in total. The maximum absolute atomic E-state index is 15.8. The second-order valence-electron chi connectivity index (χ2n) is 29.2. The fraction of sp³-hybridized carbons (Fsp3) is 0.562. The fourth-order valence-electron chi connectivity index (χ4n) is 10.7. The minimum atomic E-state index is -1.33. The number of ether oxygens (including phenoxy) is 2. The number of ketones is 2. The van der Waals surface area contributed by atoms with Gasteiger partial charge in [0.2, 0.25) is 22.8 Å². The van der Waals surface area contributed by atoms with Crippen LogP contribution in [-0.4, -0.2) is 22.8 Å². The zero-order valence-electron chi connectivity index (χ0n) is 46.7. The van der Waals surface area contributed by atoms with Gasteiger partial charge in [0.05, 0.1) is 11.8 Å². The van der Waals surface area contributed by atoms with Crippen LogP contribution in [0.5, 0.6) is 11.5 Å². The lowest BCUT2D eigenvalue weighted by atomic mass is 9.64. The van der Waals surface area contributed by atoms with Gasteiger partial charge in [-0.05, 0) is 88.9 Å². The topological polar surface area (TPSA) is 52.6 Å². The van der Waals surface area contributed by atoms with Gasteiger partial charge < -0.3 is 9.47 Å². The van der Waals surface area contributed by atoms with E-state index in [1.165, 1.54) is 11.1 Å². The van der Waals surface area contributed by atoms with Crippen LogP contribution in [0.25, 0.3) is 0 Å². The summed E-state index contributed by atoms with van der Waals surface area (Å²) in [5.74, 6) is 0.732. The summed E-state index contributed by atoms with van der Waals surface area (Å²) in [7, 11) is 0. The molecule has 0 saturated heterocycles. The number of hydrogen-bond donors (Lipinski definition) is 0. The van der Waals surface area contributed by atoms with Crippen molar-refractivity contribution in [3.05, 3.63) is 140 Å². The molecule has 0 saturated carbocycles. The number of allylic oxidation sites excluding steroid dienone is 4. The van der Waals surface area contributed by atoms with E-state index in [9.17, 15) is 0 Å². The predicted molar refractivity (Wildman–Crippen MR) is 285 cm³/mol. The molecule has 0 aromatic heterocycles. The molecule has 3 aromatic rings. The van der Waals surface area contributed by atoms with E-state index in [1.807, 2.05) is 0 Å². The van der Waals surface area contributed by atoms with E-state index in [0.717, 1.165) is 67.2 Å². The first-order chi connectivity index (χ1) is 30.5. The van der Waals surface area contributed by atoms with Crippen LogP contribution < -0.4 is 9.47 Å². The molecule has 0 bridgehead atoms. The van der Waals surface area contributed by atoms with Gasteiger partial charge in [0.15, 0.2) is 0 Å². The molecule has 4 aliphatic rings. The Morgan fingerprint density at radius 3 is 0.912 bits per heavy atom. The predicted octanol–water partition coefficient (Wildman–Crippen LogP) is 16.5. The largest absolute Gasteiger partial charge is 0.473 e. The highest BCUT2D eigenvalue weighted by Crippen LogP contribution is 2.60. The standard InChI is InChI=1S/C64H86O4/c1-55(2,3)39-29-43-49(63(67-51(43)45(31-39)59(13,14)15)35-41(57(7,8)9)33-47(53(63)65)61(19,20)21)37-25-27-38(28-26-37)50-44-30-40(56(4,5)6)32-46(60(16,17)18)52(44)68-64(50)36-42(58(10,11)12)34-48(54(64)66)62(22,23)24/h25-36,49-50H,1-24H3/t49-,50+,63-,64+. The molecule has 4 atom stereocenters. The summed E-state index contributed by atoms with van der Waals surface area (Å²) in [5.41, 5.74) is 7.56. The maximum Gasteiger partial charge on any atom is 0.207 e. The Bertz CT molecular complexity index is 2520. The highest BCUT2D eigenvalue weighted by Gasteiger charge is 2.60. The average molecular weight is 919 g/mol. The second kappa shape index (κ2) is 15.5. The number of Topliss-reactive ketones (excluding diaryl/α,β-unsaturated/α-hetero) is 2. The normalized spacial score (nSPS) is 23.8. The summed E-state index contributed by atoms with van der Waals surface area (Å²) in [6, 6.07) is 18.2. The zero-order chi connectivity index (χ0) is 51.3. The fourth-order valence-corrected chi connectivity index (χ4v) is 10.7. The number of carbonyl (C=O) groups is 2. The van der Waals surface area contributed by atoms with E-state index >= 15 is 9.59 Å². The monoisotopic (exact) mass is 919 g/mol. The molecule has 2 spiro atoms. The van der Waals surface area contributed by atoms with Gasteiger partial charge in [0.25, 0.3) is 0 Å². The molecule has 0 unspecified atom stereocenters. The first-order valence-electron chi connectivity index (χ1n) is 25.4. The van der Waals surface area contributed by atoms with E-state index in [4.69, 9.17) is 9.47 Å². The van der Waals surface area contributed by atoms with Gasteiger partial charge >= 0.3 is 0 Å². The molecule has 0 N–H and O–H groups in total. The summed E-state index contributed by atoms with van der Waals surface area (Å²) in [6.07, 6.45) is 8.62. The van der Waals surface area contributed by atoms with Gasteiger partial charge in [-0.3, -0.25) is 9.59 Å². The molecule has 3 aromatic carbocycles. The van der Waals surface area contributed by atoms with Crippen molar-refractivity contribution in [2.24, 2.45) is 21.7 Å². The Labute approximate surface area is 412 Å². The van der Waals surface area contributed by atoms with Gasteiger partial charge in [-0.15, -0.1) is 0 Å². The molecule has 2 aliphatic heterocycles. The molecular weight excluding hydrogens is 833 g/mol. The molecule has 2 aliphatic carbocycles. The number of rotatable bonds is 2. The lowest BCUT2D eigenvalue weighted by Crippen LogP contribution is -2.50. The first kappa shape index (κ1) is 51.4. The Hall–Kier alpha value is -4.44. The molecule has 0 fully saturated rings. The zero-order valence-corrected chi connectivity index (χ0v) is 46.7. The summed E-state index contributed by atoms with van der Waals surface area (Å²) in [4.78, 5) is 31.5. The van der Waals surface area contributed by atoms with E-state index in [2.05, 4.69) is 239 Å². The van der Waals surface area contributed by atoms with Gasteiger partial charge in [0.1, 0.15) is 11.5 Å². The lowest BCUT2D eigenvalue weighted by molar-refractivity contribution is -0.128. The molecule has 366 valence electrons. The summed E-state index contributed by atoms with van der Waals surface area (Å²) >= 11 is 0. The molecule has 0 radical (unpaired) electrons. The summed E-state index contributed by atoms with van der Waals surface area (Å²) < 4.78 is 15.0. The third-order valence-corrected chi connectivity index (χ3v) is 15.1. The van der Waals surface area contributed by atoms with E-state index in [1.54, 1.807) is 0 Å². The molecule has 7 rings (SSSR count). The third-order valence-electron chi connectivity index (χ3n) is 15.1. The highest BCUT2D eigenvalue weighted by molar-refractivity contribution is 6.09. The number of benzene rings is 3. The lowest BCUT2D eigenvalue weighted by Gasteiger charge is -2.41. The van der Waals surface area contributed by atoms with Crippen LogP contribution in [-0.2, 0) is 31.2 Å². The molecule has 0 amide bonds. The van der Waals surface area contributed by atoms with Crippen LogP contribution in [0.4, 0.5) is 0 Å². The van der Waals surface area contributed by atoms with Crippen molar-refractivity contribution >= 4 is 11.6 Å². The van der Waals surface area contributed by atoms with Crippen LogP contribution in [0.15, 0.2) is 95.1 Å². The Morgan fingerprint density at radius 2 is 0.676 bits per heavy atom. The minimum absolute atomic E-state index is 0.0103. The maximum atomic E-state index is 15.8. The Kier molecular flexibility index (Phi) is 11.7. The minimum Gasteiger partial charge on any atom is -0.473 e. The van der Waals surface area contributed by atoms with Crippen LogP contribution in [0.2, 0.25) is 0 Å². The molecular formula is C64H86O4. The molecule has 2 heterocycles. The van der Waals surface area contributed by atoms with Crippen molar-refractivity contribution in [2.75, 3.05) is 0 Å². The molecule has 68 heavy (non-hydrogen) atoms. The van der Waals surface area contributed by atoms with Crippen molar-refractivity contribution in [1.29, 1.82) is 0 Å². The van der Waals surface area contributed by atoms with Crippen molar-refractivity contribution in [3.8, 4) is 11.5 Å². The van der Waals surface area contributed by atoms with Gasteiger partial charge in [-0.2, -0.15) is 0 Å². The summed E-state index contributed by atoms with van der Waals surface area (Å²) in [6.45, 7) is 53.2. The number of fused-ring (bicyclic) bond motifs is 2. The molecule has 4 heteroatoms. The smallest absolute Gasteiger partial charge is 0.207 e. The van der Waals surface area contributed by atoms with Crippen molar-refractivity contribution in [1.82, 2.24) is 0 Å². The number of carbonyl (C=O) groups excluding carboxylic acids is 2. The van der Waals surface area contributed by atoms with Crippen LogP contribution in [0, 0.1) is 21.7 Å². The van der Waals surface area contributed by atoms with Crippen LogP contribution >= 0.6 is 0 Å². The highest BCUT2D eigenvalue weighted by atomic mass is 16.5. The Balaban J connectivity index is 1.57. The quantitative estimate of drug-likeness (QED) is 0.257. The van der Waals surface area contributed by atoms with Gasteiger partial charge in [-0.25, -0.2) is 0 Å². The van der Waals surface area contributed by atoms with Crippen LogP contribution in [0.3, 0.4) is 0 Å². The van der Waals surface area contributed by atoms with Gasteiger partial charge in [-0.1, -0.05) is 227 Å².